The Kier molecular flexibility index (Phi) is 4.08. The van der Waals surface area contributed by atoms with Crippen molar-refractivity contribution >= 4 is 5.91 Å². The topological polar surface area (TPSA) is 29.1 Å². The molecule has 0 aromatic heterocycles. The average molecular weight is 279 g/mol. The van der Waals surface area contributed by atoms with Crippen LogP contribution in [-0.4, -0.2) is 12.2 Å². The van der Waals surface area contributed by atoms with Crippen molar-refractivity contribution in [2.24, 2.45) is 0 Å². The minimum atomic E-state index is -4.73. The summed E-state index contributed by atoms with van der Waals surface area (Å²) in [6.45, 7) is 0. The van der Waals surface area contributed by atoms with Crippen molar-refractivity contribution in [2.45, 2.75) is 12.7 Å². The van der Waals surface area contributed by atoms with E-state index in [0.29, 0.717) is 12.0 Å². The Morgan fingerprint density at radius 1 is 0.950 bits per heavy atom. The first-order valence-electron chi connectivity index (χ1n) is 5.97. The first kappa shape index (κ1) is 14.1. The third kappa shape index (κ3) is 3.85. The van der Waals surface area contributed by atoms with Crippen molar-refractivity contribution in [3.05, 3.63) is 71.3 Å². The number of halogens is 3. The van der Waals surface area contributed by atoms with Gasteiger partial charge in [0.2, 0.25) is 0 Å². The van der Waals surface area contributed by atoms with Crippen LogP contribution in [0.25, 0.3) is 0 Å². The van der Waals surface area contributed by atoms with E-state index >= 15 is 0 Å². The van der Waals surface area contributed by atoms with Gasteiger partial charge in [-0.2, -0.15) is 13.2 Å². The minimum absolute atomic E-state index is 0.0358. The average Bonchev–Trinajstić information content (AvgIpc) is 2.38. The quantitative estimate of drug-likeness (QED) is 0.856. The number of hydrogen-bond donors (Lipinski definition) is 1. The smallest absolute Gasteiger partial charge is 0.269 e. The van der Waals surface area contributed by atoms with Crippen molar-refractivity contribution < 1.29 is 18.0 Å². The zero-order valence-electron chi connectivity index (χ0n) is 10.4. The number of hydrogen-bond acceptors (Lipinski definition) is 1. The lowest BCUT2D eigenvalue weighted by molar-refractivity contribution is -0.146. The molecule has 0 bridgehead atoms. The van der Waals surface area contributed by atoms with Gasteiger partial charge in [-0.25, -0.2) is 0 Å². The highest BCUT2D eigenvalue weighted by molar-refractivity contribution is 5.95. The maximum Gasteiger partial charge on any atom is 0.484 e. The van der Waals surface area contributed by atoms with Crippen molar-refractivity contribution in [3.63, 3.8) is 0 Å². The lowest BCUT2D eigenvalue weighted by atomic mass is 9.99. The SMILES string of the molecule is O=C(NC(F)(F)F)c1ccccc1Cc1ccccc1. The summed E-state index contributed by atoms with van der Waals surface area (Å²) in [5.41, 5.74) is 1.52. The van der Waals surface area contributed by atoms with Gasteiger partial charge in [-0.1, -0.05) is 48.5 Å². The summed E-state index contributed by atoms with van der Waals surface area (Å²) in [5.74, 6) is -1.14. The summed E-state index contributed by atoms with van der Waals surface area (Å²) in [6.07, 6.45) is -4.32. The number of carbonyl (C=O) groups is 1. The van der Waals surface area contributed by atoms with Gasteiger partial charge >= 0.3 is 6.30 Å². The fraction of sp³-hybridized carbons (Fsp3) is 0.133. The molecule has 0 spiro atoms. The van der Waals surface area contributed by atoms with Crippen LogP contribution in [0.2, 0.25) is 0 Å². The number of carbonyl (C=O) groups excluding carboxylic acids is 1. The molecule has 0 aliphatic heterocycles. The molecule has 20 heavy (non-hydrogen) atoms. The van der Waals surface area contributed by atoms with E-state index in [1.165, 1.54) is 6.07 Å². The lowest BCUT2D eigenvalue weighted by Crippen LogP contribution is -2.37. The monoisotopic (exact) mass is 279 g/mol. The Bertz CT molecular complexity index is 594. The van der Waals surface area contributed by atoms with Crippen molar-refractivity contribution in [1.29, 1.82) is 0 Å². The highest BCUT2D eigenvalue weighted by Crippen LogP contribution is 2.17. The van der Waals surface area contributed by atoms with Gasteiger partial charge in [0.05, 0.1) is 0 Å². The summed E-state index contributed by atoms with van der Waals surface area (Å²) < 4.78 is 36.7. The highest BCUT2D eigenvalue weighted by Gasteiger charge is 2.31. The Morgan fingerprint density at radius 2 is 1.55 bits per heavy atom. The van der Waals surface area contributed by atoms with Crippen LogP contribution in [0.4, 0.5) is 13.2 Å². The fourth-order valence-corrected chi connectivity index (χ4v) is 1.91. The number of benzene rings is 2. The van der Waals surface area contributed by atoms with Gasteiger partial charge < -0.3 is 0 Å². The Hall–Kier alpha value is -2.30. The first-order chi connectivity index (χ1) is 9.46. The van der Waals surface area contributed by atoms with E-state index in [0.717, 1.165) is 10.9 Å². The van der Waals surface area contributed by atoms with Crippen LogP contribution in [-0.2, 0) is 6.42 Å². The summed E-state index contributed by atoms with van der Waals surface area (Å²) in [5, 5.41) is 1.02. The fourth-order valence-electron chi connectivity index (χ4n) is 1.91. The standard InChI is InChI=1S/C15H12F3NO/c16-15(17,18)19-14(20)13-9-5-4-8-12(13)10-11-6-2-1-3-7-11/h1-9H,10H2,(H,19,20). The van der Waals surface area contributed by atoms with Crippen LogP contribution < -0.4 is 5.32 Å². The van der Waals surface area contributed by atoms with Gasteiger partial charge in [0, 0.05) is 5.56 Å². The molecule has 0 radical (unpaired) electrons. The summed E-state index contributed by atoms with van der Waals surface area (Å²) in [6, 6.07) is 15.5. The van der Waals surface area contributed by atoms with Crippen LogP contribution in [0.15, 0.2) is 54.6 Å². The van der Waals surface area contributed by atoms with Gasteiger partial charge in [-0.15, -0.1) is 0 Å². The molecule has 104 valence electrons. The van der Waals surface area contributed by atoms with Crippen LogP contribution in [0, 0.1) is 0 Å². The molecule has 0 aliphatic rings. The predicted octanol–water partition coefficient (Wildman–Crippen LogP) is 3.53. The first-order valence-corrected chi connectivity index (χ1v) is 5.97. The van der Waals surface area contributed by atoms with E-state index in [9.17, 15) is 18.0 Å². The van der Waals surface area contributed by atoms with Crippen LogP contribution in [0.1, 0.15) is 21.5 Å². The Labute approximate surface area is 114 Å². The van der Waals surface area contributed by atoms with Crippen molar-refractivity contribution in [3.8, 4) is 0 Å². The third-order valence-electron chi connectivity index (χ3n) is 2.75. The molecule has 5 heteroatoms. The maximum absolute atomic E-state index is 12.2. The lowest BCUT2D eigenvalue weighted by Gasteiger charge is -2.12. The molecule has 0 unspecified atom stereocenters. The van der Waals surface area contributed by atoms with E-state index in [2.05, 4.69) is 0 Å². The molecule has 0 fully saturated rings. The molecule has 0 heterocycles. The molecular weight excluding hydrogens is 267 g/mol. The molecule has 0 atom stereocenters. The minimum Gasteiger partial charge on any atom is -0.269 e. The van der Waals surface area contributed by atoms with Gasteiger partial charge in [0.1, 0.15) is 0 Å². The number of alkyl halides is 3. The molecular formula is C15H12F3NO. The van der Waals surface area contributed by atoms with Crippen molar-refractivity contribution in [2.75, 3.05) is 0 Å². The third-order valence-corrected chi connectivity index (χ3v) is 2.75. The zero-order chi connectivity index (χ0) is 14.6. The summed E-state index contributed by atoms with van der Waals surface area (Å²) in [4.78, 5) is 11.6. The van der Waals surface area contributed by atoms with Crippen LogP contribution >= 0.6 is 0 Å². The Balaban J connectivity index is 2.25. The largest absolute Gasteiger partial charge is 0.484 e. The molecule has 1 amide bonds. The number of rotatable bonds is 3. The van der Waals surface area contributed by atoms with Crippen molar-refractivity contribution in [1.82, 2.24) is 5.32 Å². The van der Waals surface area contributed by atoms with E-state index in [4.69, 9.17) is 0 Å². The predicted molar refractivity (Wildman–Crippen MR) is 69.2 cm³/mol. The number of amides is 1. The molecule has 1 N–H and O–H groups in total. The second-order valence-corrected chi connectivity index (χ2v) is 4.27. The molecule has 2 aromatic carbocycles. The second-order valence-electron chi connectivity index (χ2n) is 4.27. The van der Waals surface area contributed by atoms with Crippen LogP contribution in [0.3, 0.4) is 0 Å². The summed E-state index contributed by atoms with van der Waals surface area (Å²) >= 11 is 0. The molecule has 0 aliphatic carbocycles. The van der Waals surface area contributed by atoms with E-state index < -0.39 is 12.2 Å². The number of nitrogens with one attached hydrogen (secondary N) is 1. The zero-order valence-corrected chi connectivity index (χ0v) is 10.4. The Morgan fingerprint density at radius 3 is 2.20 bits per heavy atom. The molecule has 2 rings (SSSR count). The van der Waals surface area contributed by atoms with E-state index in [1.807, 2.05) is 30.3 Å². The molecule has 0 saturated carbocycles. The van der Waals surface area contributed by atoms with Gasteiger partial charge in [0.15, 0.2) is 0 Å². The molecule has 0 saturated heterocycles. The van der Waals surface area contributed by atoms with Gasteiger partial charge in [-0.3, -0.25) is 10.1 Å². The van der Waals surface area contributed by atoms with E-state index in [-0.39, 0.29) is 5.56 Å². The maximum atomic E-state index is 12.2. The van der Waals surface area contributed by atoms with Crippen LogP contribution in [0.5, 0.6) is 0 Å². The summed E-state index contributed by atoms with van der Waals surface area (Å²) in [7, 11) is 0. The van der Waals surface area contributed by atoms with E-state index in [1.54, 1.807) is 18.2 Å². The second kappa shape index (κ2) is 5.77. The highest BCUT2D eigenvalue weighted by atomic mass is 19.4. The molecule has 2 aromatic rings. The van der Waals surface area contributed by atoms with Gasteiger partial charge in [0.25, 0.3) is 5.91 Å². The normalized spacial score (nSPS) is 11.2. The van der Waals surface area contributed by atoms with Gasteiger partial charge in [-0.05, 0) is 23.6 Å². The molecule has 2 nitrogen and oxygen atoms in total.